The molecule has 1 atom stereocenters. The number of nitrogens with one attached hydrogen (secondary N) is 1. The van der Waals surface area contributed by atoms with Gasteiger partial charge in [-0.1, -0.05) is 12.2 Å². The second-order valence-electron chi connectivity index (χ2n) is 1.56. The molecule has 1 unspecified atom stereocenters. The Balaban J connectivity index is 3.64. The van der Waals surface area contributed by atoms with Crippen LogP contribution < -0.4 is 5.32 Å². The normalized spacial score (nSPS) is 12.3. The first-order valence-electron chi connectivity index (χ1n) is 2.36. The van der Waals surface area contributed by atoms with Gasteiger partial charge in [-0.15, -0.1) is 0 Å². The van der Waals surface area contributed by atoms with Crippen molar-refractivity contribution in [3.8, 4) is 0 Å². The summed E-state index contributed by atoms with van der Waals surface area (Å²) in [5, 5.41) is 10.8. The van der Waals surface area contributed by atoms with Crippen LogP contribution in [0.5, 0.6) is 0 Å². The minimum Gasteiger partial charge on any atom is -0.386 e. The van der Waals surface area contributed by atoms with Gasteiger partial charge in [-0.3, -0.25) is 4.79 Å². The van der Waals surface area contributed by atoms with Gasteiger partial charge in [-0.25, -0.2) is 0 Å². The molecule has 0 saturated heterocycles. The van der Waals surface area contributed by atoms with Gasteiger partial charge in [0.25, 0.3) is 0 Å². The van der Waals surface area contributed by atoms with Crippen LogP contribution in [-0.2, 0) is 4.79 Å². The molecule has 0 heterocycles. The molecule has 9 heavy (non-hydrogen) atoms. The molecule has 0 aliphatic heterocycles. The second kappa shape index (κ2) is 3.53. The van der Waals surface area contributed by atoms with E-state index in [4.69, 9.17) is 5.11 Å². The summed E-state index contributed by atoms with van der Waals surface area (Å²) in [4.78, 5) is 10.3. The van der Waals surface area contributed by atoms with Crippen LogP contribution in [0, 0.1) is 6.92 Å². The number of hydrogen-bond acceptors (Lipinski definition) is 3. The number of thiocarbonyl (C=S) groups is 1. The van der Waals surface area contributed by atoms with E-state index in [2.05, 4.69) is 24.5 Å². The molecule has 0 aromatic heterocycles. The van der Waals surface area contributed by atoms with E-state index in [1.54, 1.807) is 0 Å². The Hall–Kier alpha value is -0.480. The predicted molar refractivity (Wildman–Crippen MR) is 37.8 cm³/mol. The topological polar surface area (TPSA) is 49.3 Å². The van der Waals surface area contributed by atoms with E-state index >= 15 is 0 Å². The Morgan fingerprint density at radius 1 is 1.89 bits per heavy atom. The first-order chi connectivity index (χ1) is 4.04. The lowest BCUT2D eigenvalue weighted by molar-refractivity contribution is -0.117. The molecule has 0 saturated carbocycles. The zero-order valence-corrected chi connectivity index (χ0v) is 5.86. The summed E-state index contributed by atoms with van der Waals surface area (Å²) in [6.07, 6.45) is -0.996. The Bertz CT molecular complexity index is 133. The van der Waals surface area contributed by atoms with Crippen molar-refractivity contribution < 1.29 is 9.90 Å². The molecule has 4 heteroatoms. The summed E-state index contributed by atoms with van der Waals surface area (Å²) in [7, 11) is 0. The first-order valence-corrected chi connectivity index (χ1v) is 2.77. The summed E-state index contributed by atoms with van der Waals surface area (Å²) in [5.74, 6) is -0.289. The van der Waals surface area contributed by atoms with Gasteiger partial charge in [-0.2, -0.15) is 0 Å². The number of aliphatic hydroxyl groups excluding tert-OH is 1. The Labute approximate surface area is 59.1 Å². The van der Waals surface area contributed by atoms with Crippen molar-refractivity contribution in [3.63, 3.8) is 0 Å². The molecular formula is C5H8NO2S. The molecule has 2 N–H and O–H groups in total. The minimum atomic E-state index is -0.996. The van der Waals surface area contributed by atoms with Crippen LogP contribution in [0.1, 0.15) is 6.92 Å². The molecular weight excluding hydrogens is 138 g/mol. The van der Waals surface area contributed by atoms with E-state index in [0.29, 0.717) is 0 Å². The standard InChI is InChI=1S/C5H8NO2S/c1-3(7)5(9)6-4(2)8/h3,7H,1H2,2H3,(H,6,8,9). The molecule has 0 aromatic rings. The molecule has 1 amide bonds. The van der Waals surface area contributed by atoms with Crippen molar-refractivity contribution >= 4 is 23.1 Å². The van der Waals surface area contributed by atoms with Crippen LogP contribution in [0.25, 0.3) is 0 Å². The fourth-order valence-corrected chi connectivity index (χ4v) is 0.401. The van der Waals surface area contributed by atoms with Crippen molar-refractivity contribution in [2.75, 3.05) is 0 Å². The van der Waals surface area contributed by atoms with E-state index in [9.17, 15) is 4.79 Å². The minimum absolute atomic E-state index is 0.0579. The smallest absolute Gasteiger partial charge is 0.221 e. The summed E-state index contributed by atoms with van der Waals surface area (Å²) in [6, 6.07) is 0. The lowest BCUT2D eigenvalue weighted by Gasteiger charge is -2.04. The number of hydrogen-bond donors (Lipinski definition) is 2. The number of amides is 1. The van der Waals surface area contributed by atoms with Crippen LogP contribution in [0.2, 0.25) is 0 Å². The third-order valence-electron chi connectivity index (χ3n) is 0.602. The average molecular weight is 146 g/mol. The summed E-state index contributed by atoms with van der Waals surface area (Å²) >= 11 is 4.51. The maximum atomic E-state index is 10.2. The Kier molecular flexibility index (Phi) is 3.34. The largest absolute Gasteiger partial charge is 0.386 e. The molecule has 0 aliphatic carbocycles. The van der Waals surface area contributed by atoms with Gasteiger partial charge >= 0.3 is 0 Å². The predicted octanol–water partition coefficient (Wildman–Crippen LogP) is -0.355. The van der Waals surface area contributed by atoms with Gasteiger partial charge in [0, 0.05) is 6.92 Å². The zero-order valence-electron chi connectivity index (χ0n) is 5.05. The fourth-order valence-electron chi connectivity index (χ4n) is 0.257. The molecule has 3 nitrogen and oxygen atoms in total. The summed E-state index contributed by atoms with van der Waals surface area (Å²) in [6.45, 7) is 4.51. The van der Waals surface area contributed by atoms with Crippen molar-refractivity contribution in [1.82, 2.24) is 5.32 Å². The van der Waals surface area contributed by atoms with Crippen LogP contribution in [0.3, 0.4) is 0 Å². The maximum absolute atomic E-state index is 10.2. The van der Waals surface area contributed by atoms with E-state index < -0.39 is 6.10 Å². The van der Waals surface area contributed by atoms with Crippen molar-refractivity contribution in [2.45, 2.75) is 13.0 Å². The lowest BCUT2D eigenvalue weighted by atomic mass is 10.4. The first kappa shape index (κ1) is 8.52. The molecule has 1 radical (unpaired) electrons. The lowest BCUT2D eigenvalue weighted by Crippen LogP contribution is -2.34. The van der Waals surface area contributed by atoms with Gasteiger partial charge < -0.3 is 10.4 Å². The molecule has 0 spiro atoms. The number of carbonyl (C=O) groups excluding carboxylic acids is 1. The van der Waals surface area contributed by atoms with Gasteiger partial charge in [0.15, 0.2) is 0 Å². The number of aliphatic hydroxyl groups is 1. The van der Waals surface area contributed by atoms with Crippen molar-refractivity contribution in [3.05, 3.63) is 6.92 Å². The summed E-state index contributed by atoms with van der Waals surface area (Å²) in [5.41, 5.74) is 0. The fraction of sp³-hybridized carbons (Fsp3) is 0.400. The van der Waals surface area contributed by atoms with Gasteiger partial charge in [0.05, 0.1) is 0 Å². The number of carbonyl (C=O) groups is 1. The summed E-state index contributed by atoms with van der Waals surface area (Å²) < 4.78 is 0. The molecule has 0 aromatic carbocycles. The van der Waals surface area contributed by atoms with Crippen molar-refractivity contribution in [2.24, 2.45) is 0 Å². The Morgan fingerprint density at radius 3 is 2.44 bits per heavy atom. The van der Waals surface area contributed by atoms with Crippen LogP contribution in [-0.4, -0.2) is 22.1 Å². The van der Waals surface area contributed by atoms with E-state index in [0.717, 1.165) is 0 Å². The van der Waals surface area contributed by atoms with Gasteiger partial charge in [0.1, 0.15) is 11.1 Å². The molecule has 0 aliphatic rings. The van der Waals surface area contributed by atoms with Crippen molar-refractivity contribution in [1.29, 1.82) is 0 Å². The highest BCUT2D eigenvalue weighted by Crippen LogP contribution is 1.81. The van der Waals surface area contributed by atoms with E-state index in [-0.39, 0.29) is 10.9 Å². The zero-order chi connectivity index (χ0) is 7.44. The SMILES string of the molecule is [CH2]C(O)C(=S)NC(C)=O. The molecule has 51 valence electrons. The molecule has 0 bridgehead atoms. The third kappa shape index (κ3) is 4.05. The third-order valence-corrected chi connectivity index (χ3v) is 0.976. The molecule has 0 rings (SSSR count). The Morgan fingerprint density at radius 2 is 2.33 bits per heavy atom. The quantitative estimate of drug-likeness (QED) is 0.497. The highest BCUT2D eigenvalue weighted by molar-refractivity contribution is 7.80. The molecule has 0 fully saturated rings. The number of rotatable bonds is 1. The highest BCUT2D eigenvalue weighted by atomic mass is 32.1. The van der Waals surface area contributed by atoms with Gasteiger partial charge in [0.2, 0.25) is 5.91 Å². The van der Waals surface area contributed by atoms with Crippen LogP contribution in [0.4, 0.5) is 0 Å². The monoisotopic (exact) mass is 146 g/mol. The second-order valence-corrected chi connectivity index (χ2v) is 2.00. The van der Waals surface area contributed by atoms with Crippen LogP contribution >= 0.6 is 12.2 Å². The van der Waals surface area contributed by atoms with Gasteiger partial charge in [-0.05, 0) is 6.92 Å². The average Bonchev–Trinajstić information content (AvgIpc) is 1.63. The highest BCUT2D eigenvalue weighted by Gasteiger charge is 2.03. The van der Waals surface area contributed by atoms with E-state index in [1.807, 2.05) is 0 Å². The van der Waals surface area contributed by atoms with E-state index in [1.165, 1.54) is 6.92 Å². The maximum Gasteiger partial charge on any atom is 0.221 e. The van der Waals surface area contributed by atoms with Crippen LogP contribution in [0.15, 0.2) is 0 Å².